The molecule has 1 N–H and O–H groups in total. The lowest BCUT2D eigenvalue weighted by Gasteiger charge is -2.38. The van der Waals surface area contributed by atoms with Crippen LogP contribution in [0.25, 0.3) is 22.0 Å². The Kier molecular flexibility index (Phi) is 8.93. The van der Waals surface area contributed by atoms with Gasteiger partial charge in [0.2, 0.25) is 5.88 Å². The molecule has 9 heteroatoms. The smallest absolute Gasteiger partial charge is 0.220 e. The van der Waals surface area contributed by atoms with E-state index < -0.39 is 8.07 Å². The summed E-state index contributed by atoms with van der Waals surface area (Å²) in [4.78, 5) is 0. The predicted octanol–water partition coefficient (Wildman–Crippen LogP) is 6.98. The van der Waals surface area contributed by atoms with Crippen LogP contribution in [0.3, 0.4) is 0 Å². The van der Waals surface area contributed by atoms with E-state index in [1.165, 1.54) is 0 Å². The summed E-state index contributed by atoms with van der Waals surface area (Å²) in [5.41, 5.74) is 7.85. The third-order valence-corrected chi connectivity index (χ3v) is 15.5. The minimum Gasteiger partial charge on any atom is -0.473 e. The first-order chi connectivity index (χ1) is 19.6. The standard InChI is InChI=1S/C32H46FN5O2Si/c1-21(2)41(22(3)4,23(5)6)16-13-29-26-17-25(27-20-35-37(7)32(27)40-24-11-10-14-34-19-24)28(33)18-30(26)38(36-29)31-12-8-9-15-39-31/h17-18,20-24,31,34H,8-12,14-15,19H2,1-7H3/t24-,31?/m1/s1. The molecule has 0 saturated carbocycles. The summed E-state index contributed by atoms with van der Waals surface area (Å²) in [6.07, 6.45) is 6.47. The van der Waals surface area contributed by atoms with E-state index in [1.54, 1.807) is 16.9 Å². The Balaban J connectivity index is 1.66. The Hall–Kier alpha value is -2.67. The average Bonchev–Trinajstić information content (AvgIpc) is 3.48. The van der Waals surface area contributed by atoms with Crippen LogP contribution in [0, 0.1) is 17.3 Å². The van der Waals surface area contributed by atoms with Crippen molar-refractivity contribution in [3.05, 3.63) is 29.8 Å². The van der Waals surface area contributed by atoms with Crippen molar-refractivity contribution in [1.29, 1.82) is 0 Å². The zero-order valence-corrected chi connectivity index (χ0v) is 26.8. The van der Waals surface area contributed by atoms with Crippen molar-refractivity contribution in [3.8, 4) is 28.5 Å². The minimum absolute atomic E-state index is 0.0264. The molecule has 0 radical (unpaired) electrons. The summed E-state index contributed by atoms with van der Waals surface area (Å²) in [5.74, 6) is 3.81. The van der Waals surface area contributed by atoms with Gasteiger partial charge in [0.15, 0.2) is 6.23 Å². The number of aryl methyl sites for hydroxylation is 1. The maximum Gasteiger partial charge on any atom is 0.220 e. The fourth-order valence-electron chi connectivity index (χ4n) is 7.02. The van der Waals surface area contributed by atoms with E-state index in [0.29, 0.717) is 45.9 Å². The Morgan fingerprint density at radius 3 is 2.44 bits per heavy atom. The van der Waals surface area contributed by atoms with Crippen molar-refractivity contribution in [2.45, 2.75) is 103 Å². The topological polar surface area (TPSA) is 66.1 Å². The Morgan fingerprint density at radius 2 is 1.80 bits per heavy atom. The number of aromatic nitrogens is 4. The van der Waals surface area contributed by atoms with E-state index in [2.05, 4.69) is 63.4 Å². The van der Waals surface area contributed by atoms with Gasteiger partial charge in [0.25, 0.3) is 0 Å². The third-order valence-electron chi connectivity index (χ3n) is 9.19. The minimum atomic E-state index is -2.00. The highest BCUT2D eigenvalue weighted by Crippen LogP contribution is 2.41. The van der Waals surface area contributed by atoms with Gasteiger partial charge in [-0.2, -0.15) is 10.2 Å². The molecular formula is C32H46FN5O2Si. The van der Waals surface area contributed by atoms with Gasteiger partial charge in [-0.15, -0.1) is 5.54 Å². The highest BCUT2D eigenvalue weighted by molar-refractivity contribution is 6.90. The fourth-order valence-corrected chi connectivity index (χ4v) is 12.2. The predicted molar refractivity (Wildman–Crippen MR) is 165 cm³/mol. The number of hydrogen-bond acceptors (Lipinski definition) is 5. The highest BCUT2D eigenvalue weighted by atomic mass is 28.3. The fraction of sp³-hybridized carbons (Fsp3) is 0.625. The van der Waals surface area contributed by atoms with Crippen LogP contribution in [0.4, 0.5) is 4.39 Å². The second-order valence-electron chi connectivity index (χ2n) is 12.7. The van der Waals surface area contributed by atoms with E-state index in [4.69, 9.17) is 14.6 Å². The number of nitrogens with zero attached hydrogens (tertiary/aromatic N) is 4. The van der Waals surface area contributed by atoms with Gasteiger partial charge in [-0.25, -0.2) is 13.8 Å². The van der Waals surface area contributed by atoms with E-state index >= 15 is 4.39 Å². The molecule has 0 amide bonds. The molecule has 2 fully saturated rings. The number of halogens is 1. The number of benzene rings is 1. The zero-order chi connectivity index (χ0) is 29.3. The van der Waals surface area contributed by atoms with Crippen LogP contribution < -0.4 is 10.1 Å². The van der Waals surface area contributed by atoms with Gasteiger partial charge in [0.05, 0.1) is 17.3 Å². The van der Waals surface area contributed by atoms with Gasteiger partial charge in [0, 0.05) is 37.2 Å². The van der Waals surface area contributed by atoms with E-state index in [9.17, 15) is 0 Å². The van der Waals surface area contributed by atoms with Crippen molar-refractivity contribution >= 4 is 19.0 Å². The summed E-state index contributed by atoms with van der Waals surface area (Å²) < 4.78 is 32.1. The number of rotatable bonds is 7. The third kappa shape index (κ3) is 5.71. The van der Waals surface area contributed by atoms with Crippen molar-refractivity contribution in [2.75, 3.05) is 19.7 Å². The quantitative estimate of drug-likeness (QED) is 0.242. The van der Waals surface area contributed by atoms with Crippen LogP contribution in [0.5, 0.6) is 5.88 Å². The molecule has 2 aliphatic heterocycles. The van der Waals surface area contributed by atoms with Crippen molar-refractivity contribution in [3.63, 3.8) is 0 Å². The summed E-state index contributed by atoms with van der Waals surface area (Å²) in [6, 6.07) is 3.49. The summed E-state index contributed by atoms with van der Waals surface area (Å²) in [6.45, 7) is 16.3. The molecule has 222 valence electrons. The summed E-state index contributed by atoms with van der Waals surface area (Å²) in [7, 11) is -0.160. The van der Waals surface area contributed by atoms with Gasteiger partial charge in [-0.1, -0.05) is 47.5 Å². The van der Waals surface area contributed by atoms with Gasteiger partial charge >= 0.3 is 0 Å². The van der Waals surface area contributed by atoms with Crippen LogP contribution in [0.15, 0.2) is 18.3 Å². The molecule has 41 heavy (non-hydrogen) atoms. The maximum absolute atomic E-state index is 16.0. The van der Waals surface area contributed by atoms with Gasteiger partial charge < -0.3 is 14.8 Å². The second-order valence-corrected chi connectivity index (χ2v) is 18.3. The SMILES string of the molecule is CC(C)[Si](C#Cc1nn(C2CCCCO2)c2cc(F)c(-c3cnn(C)c3O[C@@H]3CCCNC3)cc12)(C(C)C)C(C)C. The molecule has 7 nitrogen and oxygen atoms in total. The Morgan fingerprint density at radius 1 is 1.05 bits per heavy atom. The van der Waals surface area contributed by atoms with Crippen LogP contribution >= 0.6 is 0 Å². The average molecular weight is 580 g/mol. The Labute approximate surface area is 245 Å². The van der Waals surface area contributed by atoms with Gasteiger partial charge in [0.1, 0.15) is 25.7 Å². The first-order valence-electron chi connectivity index (χ1n) is 15.4. The first kappa shape index (κ1) is 29.8. The number of nitrogens with one attached hydrogen (secondary N) is 1. The van der Waals surface area contributed by atoms with E-state index in [-0.39, 0.29) is 18.1 Å². The Bertz CT molecular complexity index is 1400. The number of fused-ring (bicyclic) bond motifs is 1. The molecule has 1 aromatic carbocycles. The van der Waals surface area contributed by atoms with Crippen LogP contribution in [-0.4, -0.2) is 53.4 Å². The molecule has 2 aromatic heterocycles. The first-order valence-corrected chi connectivity index (χ1v) is 17.6. The van der Waals surface area contributed by atoms with Gasteiger partial charge in [-0.3, -0.25) is 0 Å². The lowest BCUT2D eigenvalue weighted by molar-refractivity contribution is -0.0367. The second kappa shape index (κ2) is 12.3. The largest absolute Gasteiger partial charge is 0.473 e. The maximum atomic E-state index is 16.0. The molecule has 3 aromatic rings. The molecule has 4 heterocycles. The molecule has 1 unspecified atom stereocenters. The van der Waals surface area contributed by atoms with Crippen LogP contribution in [0.1, 0.15) is 85.6 Å². The molecule has 0 spiro atoms. The molecule has 2 saturated heterocycles. The number of hydrogen-bond donors (Lipinski definition) is 1. The van der Waals surface area contributed by atoms with E-state index in [0.717, 1.165) is 56.1 Å². The lowest BCUT2D eigenvalue weighted by atomic mass is 10.0. The summed E-state index contributed by atoms with van der Waals surface area (Å²) >= 11 is 0. The van der Waals surface area contributed by atoms with Gasteiger partial charge in [-0.05, 0) is 61.3 Å². The van der Waals surface area contributed by atoms with E-state index in [1.807, 2.05) is 17.8 Å². The van der Waals surface area contributed by atoms with Crippen LogP contribution in [0.2, 0.25) is 16.6 Å². The highest BCUT2D eigenvalue weighted by Gasteiger charge is 2.42. The molecule has 5 rings (SSSR count). The zero-order valence-electron chi connectivity index (χ0n) is 25.8. The monoisotopic (exact) mass is 579 g/mol. The number of ether oxygens (including phenoxy) is 2. The molecule has 0 aliphatic carbocycles. The lowest BCUT2D eigenvalue weighted by Crippen LogP contribution is -2.43. The van der Waals surface area contributed by atoms with Crippen molar-refractivity contribution in [1.82, 2.24) is 24.9 Å². The molecule has 2 atom stereocenters. The molecule has 0 bridgehead atoms. The molecule has 2 aliphatic rings. The number of piperidine rings is 1. The normalized spacial score (nSPS) is 20.2. The summed E-state index contributed by atoms with van der Waals surface area (Å²) in [5, 5.41) is 13.7. The van der Waals surface area contributed by atoms with Crippen LogP contribution in [-0.2, 0) is 11.8 Å². The van der Waals surface area contributed by atoms with Crippen molar-refractivity contribution in [2.24, 2.45) is 7.05 Å². The van der Waals surface area contributed by atoms with Crippen molar-refractivity contribution < 1.29 is 13.9 Å². The molecular weight excluding hydrogens is 533 g/mol.